The van der Waals surface area contributed by atoms with Crippen molar-refractivity contribution in [3.8, 4) is 0 Å². The van der Waals surface area contributed by atoms with Crippen LogP contribution in [0.4, 0.5) is 5.13 Å². The second-order valence-corrected chi connectivity index (χ2v) is 8.10. The number of hydrogen-bond donors (Lipinski definition) is 2. The molecule has 162 valence electrons. The molecule has 2 N–H and O–H groups in total. The molecule has 1 aliphatic heterocycles. The standard InChI is InChI=1S/C20H22N6O4S/c1-12(2)26-19(29)14-6-4-3-5-13(14)16(24-26)18(28)23-22-17(27)15-11-31-20(21-15)25-7-9-30-10-8-25/h3-6,11-12H,7-10H2,1-2H3,(H,22,27)(H,23,28). The van der Waals surface area contributed by atoms with E-state index in [1.54, 1.807) is 43.5 Å². The molecular weight excluding hydrogens is 420 g/mol. The van der Waals surface area contributed by atoms with E-state index in [1.807, 2.05) is 0 Å². The number of carbonyl (C=O) groups is 2. The molecule has 0 aliphatic carbocycles. The first-order chi connectivity index (χ1) is 15.0. The maximum atomic E-state index is 12.8. The Labute approximate surface area is 181 Å². The first kappa shape index (κ1) is 20.9. The molecule has 1 saturated heterocycles. The van der Waals surface area contributed by atoms with Gasteiger partial charge >= 0.3 is 0 Å². The average Bonchev–Trinajstić information content (AvgIpc) is 3.28. The molecule has 2 aromatic heterocycles. The minimum absolute atomic E-state index is 0.0523. The number of nitrogens with zero attached hydrogens (tertiary/aromatic N) is 4. The van der Waals surface area contributed by atoms with Crippen molar-refractivity contribution >= 4 is 39.1 Å². The summed E-state index contributed by atoms with van der Waals surface area (Å²) in [6.45, 7) is 6.29. The van der Waals surface area contributed by atoms with Gasteiger partial charge in [0.1, 0.15) is 5.69 Å². The lowest BCUT2D eigenvalue weighted by molar-refractivity contribution is 0.0841. The summed E-state index contributed by atoms with van der Waals surface area (Å²) in [4.78, 5) is 44.3. The largest absolute Gasteiger partial charge is 0.378 e. The second kappa shape index (κ2) is 8.82. The third-order valence-electron chi connectivity index (χ3n) is 4.83. The minimum Gasteiger partial charge on any atom is -0.378 e. The zero-order chi connectivity index (χ0) is 22.0. The summed E-state index contributed by atoms with van der Waals surface area (Å²) in [7, 11) is 0. The number of benzene rings is 1. The summed E-state index contributed by atoms with van der Waals surface area (Å²) in [5, 5.41) is 7.40. The highest BCUT2D eigenvalue weighted by Crippen LogP contribution is 2.21. The SMILES string of the molecule is CC(C)n1nc(C(=O)NNC(=O)c2csc(N3CCOCC3)n2)c2ccccc2c1=O. The Kier molecular flexibility index (Phi) is 5.96. The van der Waals surface area contributed by atoms with E-state index in [9.17, 15) is 14.4 Å². The van der Waals surface area contributed by atoms with E-state index in [1.165, 1.54) is 16.0 Å². The zero-order valence-electron chi connectivity index (χ0n) is 17.1. The average molecular weight is 443 g/mol. The van der Waals surface area contributed by atoms with Crippen LogP contribution in [0.3, 0.4) is 0 Å². The molecule has 10 nitrogen and oxygen atoms in total. The summed E-state index contributed by atoms with van der Waals surface area (Å²) in [6, 6.07) is 6.52. The number of fused-ring (bicyclic) bond motifs is 1. The molecule has 4 rings (SSSR count). The predicted octanol–water partition coefficient (Wildman–Crippen LogP) is 1.35. The van der Waals surface area contributed by atoms with E-state index in [4.69, 9.17) is 4.74 Å². The van der Waals surface area contributed by atoms with Crippen molar-refractivity contribution in [3.63, 3.8) is 0 Å². The molecule has 0 bridgehead atoms. The number of hydrazine groups is 1. The van der Waals surface area contributed by atoms with Gasteiger partial charge in [-0.1, -0.05) is 18.2 Å². The monoisotopic (exact) mass is 442 g/mol. The van der Waals surface area contributed by atoms with Crippen LogP contribution >= 0.6 is 11.3 Å². The highest BCUT2D eigenvalue weighted by atomic mass is 32.1. The molecule has 2 amide bonds. The molecule has 3 heterocycles. The van der Waals surface area contributed by atoms with E-state index >= 15 is 0 Å². The fraction of sp³-hybridized carbons (Fsp3) is 0.350. The fourth-order valence-corrected chi connectivity index (χ4v) is 4.09. The van der Waals surface area contributed by atoms with Crippen LogP contribution in [0, 0.1) is 0 Å². The van der Waals surface area contributed by atoms with E-state index in [2.05, 4.69) is 25.8 Å². The Morgan fingerprint density at radius 3 is 2.48 bits per heavy atom. The summed E-state index contributed by atoms with van der Waals surface area (Å²) in [5.41, 5.74) is 4.74. The van der Waals surface area contributed by atoms with Gasteiger partial charge < -0.3 is 9.64 Å². The van der Waals surface area contributed by atoms with Crippen LogP contribution in [-0.2, 0) is 4.74 Å². The number of thiazole rings is 1. The van der Waals surface area contributed by atoms with Gasteiger partial charge in [-0.25, -0.2) is 9.67 Å². The highest BCUT2D eigenvalue weighted by molar-refractivity contribution is 7.13. The number of rotatable bonds is 4. The Hall–Kier alpha value is -3.31. The van der Waals surface area contributed by atoms with Crippen LogP contribution in [0.25, 0.3) is 10.8 Å². The zero-order valence-corrected chi connectivity index (χ0v) is 17.9. The lowest BCUT2D eigenvalue weighted by atomic mass is 10.1. The number of hydrogen-bond acceptors (Lipinski definition) is 8. The van der Waals surface area contributed by atoms with Gasteiger partial charge in [0, 0.05) is 23.9 Å². The summed E-state index contributed by atoms with van der Waals surface area (Å²) in [5.74, 6) is -1.16. The second-order valence-electron chi connectivity index (χ2n) is 7.26. The van der Waals surface area contributed by atoms with Crippen LogP contribution in [0.2, 0.25) is 0 Å². The number of nitrogens with one attached hydrogen (secondary N) is 2. The van der Waals surface area contributed by atoms with Gasteiger partial charge in [0.2, 0.25) is 0 Å². The van der Waals surface area contributed by atoms with E-state index < -0.39 is 11.8 Å². The molecule has 11 heteroatoms. The number of ether oxygens (including phenoxy) is 1. The summed E-state index contributed by atoms with van der Waals surface area (Å²) < 4.78 is 6.58. The molecule has 0 unspecified atom stereocenters. The van der Waals surface area contributed by atoms with Gasteiger partial charge in [0.05, 0.1) is 24.6 Å². The van der Waals surface area contributed by atoms with Crippen molar-refractivity contribution in [2.45, 2.75) is 19.9 Å². The first-order valence-electron chi connectivity index (χ1n) is 9.86. The molecule has 1 aromatic carbocycles. The summed E-state index contributed by atoms with van der Waals surface area (Å²) in [6.07, 6.45) is 0. The first-order valence-corrected chi connectivity index (χ1v) is 10.7. The Bertz CT molecular complexity index is 1180. The van der Waals surface area contributed by atoms with Gasteiger partial charge in [0.15, 0.2) is 10.8 Å². The molecule has 0 radical (unpaired) electrons. The van der Waals surface area contributed by atoms with Gasteiger partial charge in [-0.2, -0.15) is 5.10 Å². The maximum Gasteiger partial charge on any atom is 0.290 e. The Morgan fingerprint density at radius 1 is 1.10 bits per heavy atom. The number of aromatic nitrogens is 3. The molecule has 0 spiro atoms. The van der Waals surface area contributed by atoms with Gasteiger partial charge in [-0.05, 0) is 19.9 Å². The predicted molar refractivity (Wildman–Crippen MR) is 116 cm³/mol. The topological polar surface area (TPSA) is 118 Å². The molecule has 1 fully saturated rings. The molecule has 0 saturated carbocycles. The Morgan fingerprint density at radius 2 is 1.77 bits per heavy atom. The smallest absolute Gasteiger partial charge is 0.290 e. The number of amides is 2. The van der Waals surface area contributed by atoms with Crippen molar-refractivity contribution in [2.24, 2.45) is 0 Å². The van der Waals surface area contributed by atoms with Gasteiger partial charge in [-0.3, -0.25) is 25.2 Å². The quantitative estimate of drug-likeness (QED) is 0.586. The van der Waals surface area contributed by atoms with Crippen LogP contribution < -0.4 is 21.3 Å². The lowest BCUT2D eigenvalue weighted by Gasteiger charge is -2.25. The van der Waals surface area contributed by atoms with E-state index in [-0.39, 0.29) is 23.0 Å². The number of morpholine rings is 1. The molecule has 0 atom stereocenters. The number of anilines is 1. The van der Waals surface area contributed by atoms with Crippen LogP contribution in [0.1, 0.15) is 40.9 Å². The highest BCUT2D eigenvalue weighted by Gasteiger charge is 2.20. The van der Waals surface area contributed by atoms with Crippen molar-refractivity contribution in [1.82, 2.24) is 25.6 Å². The number of carbonyl (C=O) groups excluding carboxylic acids is 2. The van der Waals surface area contributed by atoms with Gasteiger partial charge in [0.25, 0.3) is 17.4 Å². The van der Waals surface area contributed by atoms with Crippen molar-refractivity contribution in [2.75, 3.05) is 31.2 Å². The van der Waals surface area contributed by atoms with Crippen LogP contribution in [0.5, 0.6) is 0 Å². The Balaban J connectivity index is 1.51. The molecule has 31 heavy (non-hydrogen) atoms. The van der Waals surface area contributed by atoms with E-state index in [0.29, 0.717) is 24.0 Å². The normalized spacial score (nSPS) is 14.1. The lowest BCUT2D eigenvalue weighted by Crippen LogP contribution is -2.43. The van der Waals surface area contributed by atoms with Crippen molar-refractivity contribution in [3.05, 3.63) is 51.4 Å². The minimum atomic E-state index is -0.623. The third-order valence-corrected chi connectivity index (χ3v) is 5.73. The summed E-state index contributed by atoms with van der Waals surface area (Å²) >= 11 is 1.36. The van der Waals surface area contributed by atoms with Gasteiger partial charge in [-0.15, -0.1) is 11.3 Å². The van der Waals surface area contributed by atoms with Crippen molar-refractivity contribution in [1.29, 1.82) is 0 Å². The third kappa shape index (κ3) is 4.28. The van der Waals surface area contributed by atoms with E-state index in [0.717, 1.165) is 18.2 Å². The molecule has 1 aliphatic rings. The van der Waals surface area contributed by atoms with Crippen LogP contribution in [0.15, 0.2) is 34.4 Å². The maximum absolute atomic E-state index is 12.8. The van der Waals surface area contributed by atoms with Crippen molar-refractivity contribution < 1.29 is 14.3 Å². The fourth-order valence-electron chi connectivity index (χ4n) is 3.23. The van der Waals surface area contributed by atoms with Crippen LogP contribution in [-0.4, -0.2) is 52.9 Å². The molecular formula is C20H22N6O4S. The molecule has 3 aromatic rings.